The van der Waals surface area contributed by atoms with Crippen LogP contribution in [0.25, 0.3) is 0 Å². The van der Waals surface area contributed by atoms with Crippen LogP contribution in [0.5, 0.6) is 0 Å². The van der Waals surface area contributed by atoms with Gasteiger partial charge < -0.3 is 5.32 Å². The largest absolute Gasteiger partial charge is 0.388 e. The van der Waals surface area contributed by atoms with Crippen molar-refractivity contribution in [3.63, 3.8) is 0 Å². The normalized spacial score (nSPS) is 7.60. The van der Waals surface area contributed by atoms with Gasteiger partial charge in [-0.05, 0) is 19.1 Å². The molecule has 1 aromatic rings. The molecule has 0 atom stereocenters. The van der Waals surface area contributed by atoms with Crippen LogP contribution < -0.4 is 5.32 Å². The van der Waals surface area contributed by atoms with Crippen LogP contribution in [0.15, 0.2) is 24.3 Å². The molecule has 0 amide bonds. The smallest absolute Gasteiger partial charge is 0.161 e. The van der Waals surface area contributed by atoms with Crippen LogP contribution in [0, 0.1) is 0 Å². The highest BCUT2D eigenvalue weighted by Gasteiger charge is 2.02. The number of nitrogens with one attached hydrogen (secondary N) is 1. The van der Waals surface area contributed by atoms with Crippen molar-refractivity contribution in [1.82, 2.24) is 0 Å². The van der Waals surface area contributed by atoms with Crippen molar-refractivity contribution in [2.75, 3.05) is 12.4 Å². The van der Waals surface area contributed by atoms with Gasteiger partial charge in [-0.15, -0.1) is 0 Å². The Morgan fingerprint density at radius 3 is 1.87 bits per heavy atom. The fourth-order valence-electron chi connectivity index (χ4n) is 1.01. The fraction of sp³-hybridized carbons (Fsp3) is 0.462. The maximum atomic E-state index is 11.0. The summed E-state index contributed by atoms with van der Waals surface area (Å²) >= 11 is 0. The summed E-state index contributed by atoms with van der Waals surface area (Å²) in [6.45, 7) is 9.57. The molecule has 2 nitrogen and oxygen atoms in total. The minimum atomic E-state index is 0.0925. The van der Waals surface area contributed by atoms with Crippen LogP contribution in [-0.2, 0) is 0 Å². The molecule has 86 valence electrons. The van der Waals surface area contributed by atoms with E-state index >= 15 is 0 Å². The molecule has 0 saturated heterocycles. The number of carbonyl (C=O) groups is 1. The Hall–Kier alpha value is -1.31. The topological polar surface area (TPSA) is 29.1 Å². The van der Waals surface area contributed by atoms with Crippen molar-refractivity contribution in [2.45, 2.75) is 34.6 Å². The quantitative estimate of drug-likeness (QED) is 0.746. The Morgan fingerprint density at radius 2 is 1.53 bits per heavy atom. The number of benzene rings is 1. The van der Waals surface area contributed by atoms with Crippen molar-refractivity contribution in [3.05, 3.63) is 29.8 Å². The second kappa shape index (κ2) is 10.8. The Bertz CT molecular complexity index is 269. The van der Waals surface area contributed by atoms with Crippen LogP contribution in [0.2, 0.25) is 0 Å². The summed E-state index contributed by atoms with van der Waals surface area (Å²) in [5, 5.41) is 2.96. The second-order valence-electron chi connectivity index (χ2n) is 2.35. The summed E-state index contributed by atoms with van der Waals surface area (Å²) in [6, 6.07) is 7.46. The molecule has 0 aliphatic heterocycles. The maximum absolute atomic E-state index is 11.0. The molecule has 0 radical (unpaired) electrons. The van der Waals surface area contributed by atoms with E-state index in [1.165, 1.54) is 0 Å². The van der Waals surface area contributed by atoms with Gasteiger partial charge in [-0.25, -0.2) is 0 Å². The highest BCUT2D eigenvalue weighted by Crippen LogP contribution is 2.13. The van der Waals surface area contributed by atoms with Crippen molar-refractivity contribution < 1.29 is 4.79 Å². The van der Waals surface area contributed by atoms with E-state index in [1.807, 2.05) is 59.0 Å². The van der Waals surface area contributed by atoms with Crippen LogP contribution in [0.3, 0.4) is 0 Å². The van der Waals surface area contributed by atoms with Crippen LogP contribution in [0.1, 0.15) is 45.0 Å². The monoisotopic (exact) mass is 209 g/mol. The molecule has 0 heterocycles. The highest BCUT2D eigenvalue weighted by molar-refractivity contribution is 5.99. The molecule has 15 heavy (non-hydrogen) atoms. The van der Waals surface area contributed by atoms with E-state index in [1.54, 1.807) is 6.92 Å². The van der Waals surface area contributed by atoms with Gasteiger partial charge in [-0.2, -0.15) is 0 Å². The van der Waals surface area contributed by atoms with Gasteiger partial charge in [0.25, 0.3) is 0 Å². The van der Waals surface area contributed by atoms with Gasteiger partial charge in [-0.3, -0.25) is 4.79 Å². The van der Waals surface area contributed by atoms with E-state index in [2.05, 4.69) is 5.32 Å². The first kappa shape index (κ1) is 16.1. The summed E-state index contributed by atoms with van der Waals surface area (Å²) < 4.78 is 0. The van der Waals surface area contributed by atoms with Crippen molar-refractivity contribution in [3.8, 4) is 0 Å². The zero-order chi connectivity index (χ0) is 12.3. The van der Waals surface area contributed by atoms with Gasteiger partial charge in [0.2, 0.25) is 0 Å². The predicted octanol–water partition coefficient (Wildman–Crippen LogP) is 3.98. The van der Waals surface area contributed by atoms with Crippen LogP contribution >= 0.6 is 0 Å². The number of carbonyl (C=O) groups excluding carboxylic acids is 1. The van der Waals surface area contributed by atoms with E-state index in [4.69, 9.17) is 0 Å². The van der Waals surface area contributed by atoms with E-state index in [9.17, 15) is 4.79 Å². The SMILES string of the molecule is CC.CC.CNc1ccccc1C(C)=O. The number of anilines is 1. The first-order valence-electron chi connectivity index (χ1n) is 5.53. The molecule has 1 N–H and O–H groups in total. The van der Waals surface area contributed by atoms with Crippen molar-refractivity contribution in [2.24, 2.45) is 0 Å². The Kier molecular flexibility index (Phi) is 11.6. The minimum absolute atomic E-state index is 0.0925. The zero-order valence-corrected chi connectivity index (χ0v) is 10.7. The van der Waals surface area contributed by atoms with Crippen LogP contribution in [0.4, 0.5) is 5.69 Å². The van der Waals surface area contributed by atoms with Crippen molar-refractivity contribution >= 4 is 11.5 Å². The van der Waals surface area contributed by atoms with E-state index < -0.39 is 0 Å². The summed E-state index contributed by atoms with van der Waals surface area (Å²) in [6.07, 6.45) is 0. The summed E-state index contributed by atoms with van der Waals surface area (Å²) in [5.74, 6) is 0.0925. The lowest BCUT2D eigenvalue weighted by atomic mass is 10.1. The number of rotatable bonds is 2. The van der Waals surface area contributed by atoms with Crippen molar-refractivity contribution in [1.29, 1.82) is 0 Å². The number of ketones is 1. The molecular weight excluding hydrogens is 186 g/mol. The lowest BCUT2D eigenvalue weighted by Gasteiger charge is -2.03. The maximum Gasteiger partial charge on any atom is 0.161 e. The number of para-hydroxylation sites is 1. The number of Topliss-reactive ketones (excluding diaryl/α,β-unsaturated/α-hetero) is 1. The summed E-state index contributed by atoms with van der Waals surface area (Å²) in [4.78, 5) is 11.0. The summed E-state index contributed by atoms with van der Waals surface area (Å²) in [7, 11) is 1.81. The minimum Gasteiger partial charge on any atom is -0.388 e. The number of hydrogen-bond acceptors (Lipinski definition) is 2. The van der Waals surface area contributed by atoms with Gasteiger partial charge in [0.05, 0.1) is 0 Å². The van der Waals surface area contributed by atoms with Crippen LogP contribution in [-0.4, -0.2) is 12.8 Å². The third-order valence-electron chi connectivity index (χ3n) is 1.58. The second-order valence-corrected chi connectivity index (χ2v) is 2.35. The molecule has 0 aliphatic rings. The lowest BCUT2D eigenvalue weighted by molar-refractivity contribution is 0.101. The first-order valence-corrected chi connectivity index (χ1v) is 5.53. The van der Waals surface area contributed by atoms with Gasteiger partial charge in [0.1, 0.15) is 0 Å². The molecule has 0 bridgehead atoms. The Morgan fingerprint density at radius 1 is 1.07 bits per heavy atom. The van der Waals surface area contributed by atoms with E-state index in [0.717, 1.165) is 11.3 Å². The third-order valence-corrected chi connectivity index (χ3v) is 1.58. The average molecular weight is 209 g/mol. The van der Waals surface area contributed by atoms with Gasteiger partial charge in [0.15, 0.2) is 5.78 Å². The molecule has 0 saturated carbocycles. The molecule has 0 aromatic heterocycles. The van der Waals surface area contributed by atoms with E-state index in [-0.39, 0.29) is 5.78 Å². The predicted molar refractivity (Wildman–Crippen MR) is 68.7 cm³/mol. The van der Waals surface area contributed by atoms with Gasteiger partial charge in [-0.1, -0.05) is 39.8 Å². The lowest BCUT2D eigenvalue weighted by Crippen LogP contribution is -1.98. The van der Waals surface area contributed by atoms with Gasteiger partial charge >= 0.3 is 0 Å². The molecule has 1 rings (SSSR count). The van der Waals surface area contributed by atoms with E-state index in [0.29, 0.717) is 0 Å². The Balaban J connectivity index is 0. The standard InChI is InChI=1S/C9H11NO.2C2H6/c1-7(11)8-5-3-4-6-9(8)10-2;2*1-2/h3-6,10H,1-2H3;2*1-2H3. The van der Waals surface area contributed by atoms with Gasteiger partial charge in [0, 0.05) is 18.3 Å². The Labute approximate surface area is 93.7 Å². The molecule has 0 unspecified atom stereocenters. The number of hydrogen-bond donors (Lipinski definition) is 1. The molecule has 2 heteroatoms. The highest BCUT2D eigenvalue weighted by atomic mass is 16.1. The molecular formula is C13H23NO. The zero-order valence-electron chi connectivity index (χ0n) is 10.7. The molecule has 0 fully saturated rings. The third kappa shape index (κ3) is 5.89. The molecule has 0 aliphatic carbocycles. The molecule has 1 aromatic carbocycles. The first-order chi connectivity index (χ1) is 7.25. The molecule has 0 spiro atoms. The average Bonchev–Trinajstić information content (AvgIpc) is 2.34. The fourth-order valence-corrected chi connectivity index (χ4v) is 1.01. The summed E-state index contributed by atoms with van der Waals surface area (Å²) in [5.41, 5.74) is 1.63.